The van der Waals surface area contributed by atoms with E-state index in [2.05, 4.69) is 36.5 Å². The van der Waals surface area contributed by atoms with Crippen molar-refractivity contribution in [3.63, 3.8) is 0 Å². The highest BCUT2D eigenvalue weighted by atomic mass is 32.2. The van der Waals surface area contributed by atoms with E-state index < -0.39 is 0 Å². The van der Waals surface area contributed by atoms with Crippen LogP contribution in [0.5, 0.6) is 5.75 Å². The third kappa shape index (κ3) is 5.99. The topological polar surface area (TPSA) is 38.3 Å². The molecule has 1 N–H and O–H groups in total. The molecule has 0 bridgehead atoms. The van der Waals surface area contributed by atoms with Crippen LogP contribution in [0.25, 0.3) is 0 Å². The first-order valence-electron chi connectivity index (χ1n) is 7.79. The van der Waals surface area contributed by atoms with Gasteiger partial charge in [0.1, 0.15) is 5.75 Å². The summed E-state index contributed by atoms with van der Waals surface area (Å²) in [6.45, 7) is 5.15. The lowest BCUT2D eigenvalue weighted by Gasteiger charge is -2.11. The maximum absolute atomic E-state index is 12.0. The number of nitrogens with one attached hydrogen (secondary N) is 1. The van der Waals surface area contributed by atoms with Crippen molar-refractivity contribution in [3.8, 4) is 5.75 Å². The number of benzene rings is 2. The Hall–Kier alpha value is -1.94. The fourth-order valence-electron chi connectivity index (χ4n) is 2.14. The fourth-order valence-corrected chi connectivity index (χ4v) is 2.95. The van der Waals surface area contributed by atoms with E-state index in [4.69, 9.17) is 4.74 Å². The van der Waals surface area contributed by atoms with Gasteiger partial charge in [0.2, 0.25) is 5.91 Å². The van der Waals surface area contributed by atoms with Crippen molar-refractivity contribution < 1.29 is 9.53 Å². The summed E-state index contributed by atoms with van der Waals surface area (Å²) in [5, 5.41) is 2.95. The Balaban J connectivity index is 1.74. The smallest absolute Gasteiger partial charge is 0.230 e. The molecule has 0 aliphatic carbocycles. The van der Waals surface area contributed by atoms with E-state index in [1.54, 1.807) is 11.8 Å². The normalized spacial score (nSPS) is 10.3. The third-order valence-electron chi connectivity index (χ3n) is 3.37. The van der Waals surface area contributed by atoms with Crippen LogP contribution < -0.4 is 10.1 Å². The van der Waals surface area contributed by atoms with Gasteiger partial charge in [-0.05, 0) is 25.5 Å². The molecule has 2 aromatic carbocycles. The second-order valence-corrected chi connectivity index (χ2v) is 6.28. The van der Waals surface area contributed by atoms with Crippen molar-refractivity contribution in [1.82, 2.24) is 5.32 Å². The summed E-state index contributed by atoms with van der Waals surface area (Å²) in [7, 11) is 0. The first-order chi connectivity index (χ1) is 11.2. The number of thioether (sulfide) groups is 1. The van der Waals surface area contributed by atoms with Crippen LogP contribution in [0.2, 0.25) is 0 Å². The first kappa shape index (κ1) is 17.4. The lowest BCUT2D eigenvalue weighted by molar-refractivity contribution is -0.118. The van der Waals surface area contributed by atoms with Crippen molar-refractivity contribution >= 4 is 17.7 Å². The number of ether oxygens (including phenoxy) is 1. The molecule has 3 nitrogen and oxygen atoms in total. The molecular weight excluding hydrogens is 306 g/mol. The maximum atomic E-state index is 12.0. The van der Waals surface area contributed by atoms with Crippen LogP contribution in [-0.2, 0) is 17.1 Å². The molecule has 0 spiro atoms. The number of aryl methyl sites for hydroxylation is 1. The van der Waals surface area contributed by atoms with Crippen LogP contribution in [0.4, 0.5) is 0 Å². The highest BCUT2D eigenvalue weighted by Crippen LogP contribution is 2.18. The predicted molar refractivity (Wildman–Crippen MR) is 96.8 cm³/mol. The van der Waals surface area contributed by atoms with Crippen molar-refractivity contribution in [2.24, 2.45) is 0 Å². The van der Waals surface area contributed by atoms with Gasteiger partial charge in [-0.15, -0.1) is 11.8 Å². The molecule has 122 valence electrons. The van der Waals surface area contributed by atoms with E-state index >= 15 is 0 Å². The minimum atomic E-state index is 0.0495. The number of rotatable bonds is 8. The predicted octanol–water partition coefficient (Wildman–Crippen LogP) is 3.94. The Bertz CT molecular complexity index is 626. The molecule has 0 aliphatic rings. The highest BCUT2D eigenvalue weighted by molar-refractivity contribution is 7.99. The van der Waals surface area contributed by atoms with Crippen LogP contribution in [0.3, 0.4) is 0 Å². The monoisotopic (exact) mass is 329 g/mol. The van der Waals surface area contributed by atoms with E-state index in [0.717, 1.165) is 17.1 Å². The van der Waals surface area contributed by atoms with Gasteiger partial charge in [-0.3, -0.25) is 4.79 Å². The standard InChI is InChI=1S/C19H23NO2S/c1-3-22-18-7-5-4-6-17(18)12-20-19(21)14-23-13-16-10-8-15(2)9-11-16/h4-11H,3,12-14H2,1-2H3,(H,20,21). The van der Waals surface area contributed by atoms with E-state index in [-0.39, 0.29) is 5.91 Å². The van der Waals surface area contributed by atoms with Crippen LogP contribution >= 0.6 is 11.8 Å². The SMILES string of the molecule is CCOc1ccccc1CNC(=O)CSCc1ccc(C)cc1. The summed E-state index contributed by atoms with van der Waals surface area (Å²) in [5.74, 6) is 2.20. The zero-order valence-corrected chi connectivity index (χ0v) is 14.5. The van der Waals surface area contributed by atoms with Crippen LogP contribution in [-0.4, -0.2) is 18.3 Å². The Morgan fingerprint density at radius 2 is 1.87 bits per heavy atom. The third-order valence-corrected chi connectivity index (χ3v) is 4.37. The number of hydrogen-bond acceptors (Lipinski definition) is 3. The van der Waals surface area contributed by atoms with Gasteiger partial charge < -0.3 is 10.1 Å². The molecule has 4 heteroatoms. The molecule has 0 atom stereocenters. The van der Waals surface area contributed by atoms with Gasteiger partial charge in [0, 0.05) is 17.9 Å². The fraction of sp³-hybridized carbons (Fsp3) is 0.316. The summed E-state index contributed by atoms with van der Waals surface area (Å²) < 4.78 is 5.56. The second-order valence-electron chi connectivity index (χ2n) is 5.30. The van der Waals surface area contributed by atoms with Gasteiger partial charge in [0.05, 0.1) is 12.4 Å². The number of carbonyl (C=O) groups excluding carboxylic acids is 1. The molecule has 0 radical (unpaired) electrons. The van der Waals surface area contributed by atoms with Crippen molar-refractivity contribution in [2.45, 2.75) is 26.1 Å². The maximum Gasteiger partial charge on any atom is 0.230 e. The highest BCUT2D eigenvalue weighted by Gasteiger charge is 2.06. The van der Waals surface area contributed by atoms with Crippen LogP contribution in [0, 0.1) is 6.92 Å². The average molecular weight is 329 g/mol. The van der Waals surface area contributed by atoms with Crippen molar-refractivity contribution in [3.05, 3.63) is 65.2 Å². The minimum Gasteiger partial charge on any atom is -0.494 e. The van der Waals surface area contributed by atoms with E-state index in [1.165, 1.54) is 11.1 Å². The molecule has 0 saturated heterocycles. The summed E-state index contributed by atoms with van der Waals surface area (Å²) in [4.78, 5) is 12.0. The number of hydrogen-bond donors (Lipinski definition) is 1. The molecule has 0 heterocycles. The molecule has 0 fully saturated rings. The van der Waals surface area contributed by atoms with Crippen LogP contribution in [0.15, 0.2) is 48.5 Å². The molecule has 2 aromatic rings. The van der Waals surface area contributed by atoms with Crippen LogP contribution in [0.1, 0.15) is 23.6 Å². The molecule has 1 amide bonds. The van der Waals surface area contributed by atoms with Gasteiger partial charge in [-0.2, -0.15) is 0 Å². The zero-order valence-electron chi connectivity index (χ0n) is 13.7. The molecular formula is C19H23NO2S. The average Bonchev–Trinajstić information content (AvgIpc) is 2.56. The van der Waals surface area contributed by atoms with Crippen molar-refractivity contribution in [2.75, 3.05) is 12.4 Å². The van der Waals surface area contributed by atoms with Gasteiger partial charge in [0.15, 0.2) is 0 Å². The quantitative estimate of drug-likeness (QED) is 0.797. The van der Waals surface area contributed by atoms with Gasteiger partial charge >= 0.3 is 0 Å². The summed E-state index contributed by atoms with van der Waals surface area (Å²) in [5.41, 5.74) is 3.51. The minimum absolute atomic E-state index is 0.0495. The Labute approximate surface area is 142 Å². The Morgan fingerprint density at radius 1 is 1.13 bits per heavy atom. The Morgan fingerprint density at radius 3 is 2.61 bits per heavy atom. The van der Waals surface area contributed by atoms with Gasteiger partial charge in [-0.1, -0.05) is 48.0 Å². The zero-order chi connectivity index (χ0) is 16.5. The van der Waals surface area contributed by atoms with E-state index in [9.17, 15) is 4.79 Å². The lowest BCUT2D eigenvalue weighted by atomic mass is 10.2. The summed E-state index contributed by atoms with van der Waals surface area (Å²) in [6.07, 6.45) is 0. The molecule has 0 aromatic heterocycles. The van der Waals surface area contributed by atoms with Gasteiger partial charge in [0.25, 0.3) is 0 Å². The summed E-state index contributed by atoms with van der Waals surface area (Å²) >= 11 is 1.63. The Kier molecular flexibility index (Phi) is 7.01. The van der Waals surface area contributed by atoms with Crippen molar-refractivity contribution in [1.29, 1.82) is 0 Å². The van der Waals surface area contributed by atoms with E-state index in [1.807, 2.05) is 31.2 Å². The summed E-state index contributed by atoms with van der Waals surface area (Å²) in [6, 6.07) is 16.2. The number of carbonyl (C=O) groups is 1. The number of para-hydroxylation sites is 1. The second kappa shape index (κ2) is 9.26. The van der Waals surface area contributed by atoms with Gasteiger partial charge in [-0.25, -0.2) is 0 Å². The molecule has 23 heavy (non-hydrogen) atoms. The molecule has 0 saturated carbocycles. The first-order valence-corrected chi connectivity index (χ1v) is 8.95. The number of amides is 1. The molecule has 0 aliphatic heterocycles. The molecule has 0 unspecified atom stereocenters. The lowest BCUT2D eigenvalue weighted by Crippen LogP contribution is -2.24. The van der Waals surface area contributed by atoms with E-state index in [0.29, 0.717) is 18.9 Å². The largest absolute Gasteiger partial charge is 0.494 e. The molecule has 2 rings (SSSR count).